The Labute approximate surface area is 130 Å². The molecule has 0 aromatic heterocycles. The maximum absolute atomic E-state index is 9.94. The van der Waals surface area contributed by atoms with Gasteiger partial charge < -0.3 is 55.1 Å². The molecule has 136 valence electrons. The summed E-state index contributed by atoms with van der Waals surface area (Å²) in [6.07, 6.45) is -15.6. The molecule has 0 bridgehead atoms. The second-order valence-electron chi connectivity index (χ2n) is 5.53. The smallest absolute Gasteiger partial charge is 0.187 e. The Kier molecular flexibility index (Phi) is 6.27. The second kappa shape index (κ2) is 7.63. The lowest BCUT2D eigenvalue weighted by Gasteiger charge is -2.45. The first-order valence-corrected chi connectivity index (χ1v) is 7.08. The topological polar surface area (TPSA) is 190 Å². The Bertz CT molecular complexity index is 378. The third kappa shape index (κ3) is 3.65. The Balaban J connectivity index is 2.11. The molecular weight excluding hydrogens is 320 g/mol. The van der Waals surface area contributed by atoms with Gasteiger partial charge in [-0.3, -0.25) is 0 Å². The van der Waals surface area contributed by atoms with Gasteiger partial charge >= 0.3 is 0 Å². The lowest BCUT2D eigenvalue weighted by atomic mass is 9.97. The van der Waals surface area contributed by atoms with E-state index in [9.17, 15) is 35.7 Å². The molecule has 23 heavy (non-hydrogen) atoms. The first kappa shape index (κ1) is 18.9. The summed E-state index contributed by atoms with van der Waals surface area (Å²) in [7, 11) is 0. The van der Waals surface area contributed by atoms with Gasteiger partial charge in [0, 0.05) is 0 Å². The molecule has 0 aromatic carbocycles. The monoisotopic (exact) mass is 342 g/mol. The molecule has 0 aromatic rings. The van der Waals surface area contributed by atoms with Crippen LogP contribution in [0.2, 0.25) is 0 Å². The Morgan fingerprint density at radius 3 is 1.83 bits per heavy atom. The number of ether oxygens (including phenoxy) is 3. The van der Waals surface area contributed by atoms with Gasteiger partial charge in [0.1, 0.15) is 48.8 Å². The van der Waals surface area contributed by atoms with Gasteiger partial charge in [-0.05, 0) is 0 Å². The van der Waals surface area contributed by atoms with E-state index in [-0.39, 0.29) is 0 Å². The molecule has 11 heteroatoms. The second-order valence-corrected chi connectivity index (χ2v) is 5.53. The average molecular weight is 342 g/mol. The van der Waals surface area contributed by atoms with Gasteiger partial charge in [0.15, 0.2) is 12.6 Å². The van der Waals surface area contributed by atoms with Crippen LogP contribution >= 0.6 is 0 Å². The Morgan fingerprint density at radius 2 is 1.26 bits per heavy atom. The molecule has 0 spiro atoms. The lowest BCUT2D eigenvalue weighted by Crippen LogP contribution is -2.64. The van der Waals surface area contributed by atoms with E-state index in [1.54, 1.807) is 0 Å². The Hall–Kier alpha value is -0.440. The molecule has 2 heterocycles. The van der Waals surface area contributed by atoms with E-state index in [0.29, 0.717) is 0 Å². The van der Waals surface area contributed by atoms with Crippen molar-refractivity contribution in [3.8, 4) is 0 Å². The van der Waals surface area contributed by atoms with Gasteiger partial charge in [-0.15, -0.1) is 0 Å². The zero-order chi connectivity index (χ0) is 17.3. The largest absolute Gasteiger partial charge is 0.394 e. The number of hydrogen-bond donors (Lipinski definition) is 8. The molecule has 10 atom stereocenters. The van der Waals surface area contributed by atoms with Crippen LogP contribution in [0, 0.1) is 0 Å². The molecule has 0 aliphatic carbocycles. The predicted octanol–water partition coefficient (Wildman–Crippen LogP) is -5.40. The molecule has 0 radical (unpaired) electrons. The van der Waals surface area contributed by atoms with Crippen molar-refractivity contribution in [1.29, 1.82) is 0 Å². The van der Waals surface area contributed by atoms with Crippen LogP contribution in [0.25, 0.3) is 0 Å². The van der Waals surface area contributed by atoms with Crippen LogP contribution in [0.1, 0.15) is 0 Å². The quantitative estimate of drug-likeness (QED) is 0.243. The van der Waals surface area contributed by atoms with Gasteiger partial charge in [0.05, 0.1) is 13.2 Å². The van der Waals surface area contributed by atoms with Crippen molar-refractivity contribution < 1.29 is 55.1 Å². The number of hydrogen-bond acceptors (Lipinski definition) is 11. The van der Waals surface area contributed by atoms with Gasteiger partial charge in [-0.1, -0.05) is 0 Å². The minimum absolute atomic E-state index is 0.667. The summed E-state index contributed by atoms with van der Waals surface area (Å²) < 4.78 is 15.3. The van der Waals surface area contributed by atoms with Gasteiger partial charge in [0.2, 0.25) is 0 Å². The van der Waals surface area contributed by atoms with Crippen LogP contribution in [0.15, 0.2) is 0 Å². The minimum atomic E-state index is -1.74. The number of rotatable bonds is 4. The fraction of sp³-hybridized carbons (Fsp3) is 1.00. The molecule has 2 aliphatic rings. The molecule has 0 unspecified atom stereocenters. The van der Waals surface area contributed by atoms with Crippen molar-refractivity contribution in [2.45, 2.75) is 61.4 Å². The average Bonchev–Trinajstić information content (AvgIpc) is 2.55. The fourth-order valence-electron chi connectivity index (χ4n) is 2.57. The van der Waals surface area contributed by atoms with Crippen molar-refractivity contribution in [3.05, 3.63) is 0 Å². The van der Waals surface area contributed by atoms with Crippen LogP contribution in [-0.4, -0.2) is 115 Å². The highest BCUT2D eigenvalue weighted by Gasteiger charge is 2.50. The van der Waals surface area contributed by atoms with Crippen molar-refractivity contribution in [2.75, 3.05) is 13.2 Å². The predicted molar refractivity (Wildman–Crippen MR) is 68.6 cm³/mol. The van der Waals surface area contributed by atoms with E-state index in [2.05, 4.69) is 0 Å². The molecule has 0 saturated carbocycles. The van der Waals surface area contributed by atoms with E-state index in [1.165, 1.54) is 0 Å². The van der Waals surface area contributed by atoms with E-state index in [4.69, 9.17) is 19.3 Å². The lowest BCUT2D eigenvalue weighted by molar-refractivity contribution is -0.355. The van der Waals surface area contributed by atoms with Crippen molar-refractivity contribution >= 4 is 0 Å². The maximum Gasteiger partial charge on any atom is 0.187 e. The molecule has 2 aliphatic heterocycles. The molecule has 2 fully saturated rings. The third-order valence-corrected chi connectivity index (χ3v) is 3.98. The molecule has 0 amide bonds. The van der Waals surface area contributed by atoms with Gasteiger partial charge in [-0.25, -0.2) is 0 Å². The molecule has 8 N–H and O–H groups in total. The van der Waals surface area contributed by atoms with Crippen molar-refractivity contribution in [2.24, 2.45) is 0 Å². The molecule has 2 saturated heterocycles. The van der Waals surface area contributed by atoms with Gasteiger partial charge in [0.25, 0.3) is 0 Å². The first-order chi connectivity index (χ1) is 10.8. The van der Waals surface area contributed by atoms with Crippen molar-refractivity contribution in [3.63, 3.8) is 0 Å². The zero-order valence-corrected chi connectivity index (χ0v) is 12.0. The van der Waals surface area contributed by atoms with Gasteiger partial charge in [-0.2, -0.15) is 0 Å². The van der Waals surface area contributed by atoms with E-state index in [0.717, 1.165) is 0 Å². The van der Waals surface area contributed by atoms with Crippen LogP contribution in [-0.2, 0) is 14.2 Å². The van der Waals surface area contributed by atoms with E-state index >= 15 is 0 Å². The van der Waals surface area contributed by atoms with Crippen LogP contribution in [0.4, 0.5) is 0 Å². The first-order valence-electron chi connectivity index (χ1n) is 7.08. The van der Waals surface area contributed by atoms with E-state index in [1.807, 2.05) is 0 Å². The molecule has 11 nitrogen and oxygen atoms in total. The Morgan fingerprint density at radius 1 is 0.652 bits per heavy atom. The fourth-order valence-corrected chi connectivity index (χ4v) is 2.57. The summed E-state index contributed by atoms with van der Waals surface area (Å²) in [5.41, 5.74) is 0. The molecular formula is C12H22O11. The van der Waals surface area contributed by atoms with Crippen LogP contribution < -0.4 is 0 Å². The summed E-state index contributed by atoms with van der Waals surface area (Å²) in [6, 6.07) is 0. The third-order valence-electron chi connectivity index (χ3n) is 3.98. The molecule has 2 rings (SSSR count). The highest BCUT2D eigenvalue weighted by molar-refractivity contribution is 4.93. The summed E-state index contributed by atoms with van der Waals surface area (Å²) in [5, 5.41) is 76.5. The summed E-state index contributed by atoms with van der Waals surface area (Å²) in [5.74, 6) is 0. The van der Waals surface area contributed by atoms with E-state index < -0.39 is 74.6 Å². The van der Waals surface area contributed by atoms with Crippen LogP contribution in [0.5, 0.6) is 0 Å². The summed E-state index contributed by atoms with van der Waals surface area (Å²) in [6.45, 7) is -1.35. The normalized spacial score (nSPS) is 51.7. The minimum Gasteiger partial charge on any atom is -0.394 e. The standard InChI is InChI=1S/C12H22O11/c13-1-3-5(15)6(16)9(19)12(22-3)23-10-4(2-14)21-11(20)8(18)7(10)17/h3-20H,1-2H2/t3-,4-,5-,6+,7+,8-,9+,10-,11-,12-/m1/s1. The number of aliphatic hydroxyl groups excluding tert-OH is 8. The SMILES string of the molecule is OC[C@H]1O[C@H](O[C@H]2[C@@H](O)[C@@H](O)[C@H](O)O[C@@H]2CO)[C@@H](O)[C@@H](O)[C@@H]1O. The summed E-state index contributed by atoms with van der Waals surface area (Å²) in [4.78, 5) is 0. The van der Waals surface area contributed by atoms with Crippen LogP contribution in [0.3, 0.4) is 0 Å². The highest BCUT2D eigenvalue weighted by Crippen LogP contribution is 2.28. The maximum atomic E-state index is 9.94. The zero-order valence-electron chi connectivity index (χ0n) is 12.0. The number of aliphatic hydroxyl groups is 8. The highest BCUT2D eigenvalue weighted by atomic mass is 16.7. The van der Waals surface area contributed by atoms with Crippen molar-refractivity contribution in [1.82, 2.24) is 0 Å². The summed E-state index contributed by atoms with van der Waals surface area (Å²) >= 11 is 0.